The highest BCUT2D eigenvalue weighted by molar-refractivity contribution is 7.72. The van der Waals surface area contributed by atoms with Gasteiger partial charge in [0.15, 0.2) is 10.7 Å². The summed E-state index contributed by atoms with van der Waals surface area (Å²) in [6, 6.07) is 5.57. The number of thiol groups is 1. The molecule has 6 nitrogen and oxygen atoms in total. The van der Waals surface area contributed by atoms with E-state index in [-0.39, 0.29) is 17.2 Å². The van der Waals surface area contributed by atoms with Crippen molar-refractivity contribution >= 4 is 16.6 Å². The number of nitrogens with two attached hydrogens (primary N) is 1. The summed E-state index contributed by atoms with van der Waals surface area (Å²) in [7, 11) is 0.205. The molecule has 0 aliphatic carbocycles. The van der Waals surface area contributed by atoms with Gasteiger partial charge in [-0.05, 0) is 24.1 Å². The van der Waals surface area contributed by atoms with Crippen LogP contribution in [0.1, 0.15) is 5.56 Å². The maximum absolute atomic E-state index is 11.7. The Morgan fingerprint density at radius 2 is 2.17 bits per heavy atom. The lowest BCUT2D eigenvalue weighted by molar-refractivity contribution is -0.170. The van der Waals surface area contributed by atoms with E-state index in [1.165, 1.54) is 26.3 Å². The zero-order chi connectivity index (χ0) is 13.7. The van der Waals surface area contributed by atoms with Gasteiger partial charge in [0.1, 0.15) is 0 Å². The van der Waals surface area contributed by atoms with Crippen LogP contribution in [0.3, 0.4) is 0 Å². The fourth-order valence-corrected chi connectivity index (χ4v) is 1.94. The lowest BCUT2D eigenvalue weighted by Crippen LogP contribution is -2.42. The molecule has 0 bridgehead atoms. The molecule has 1 aromatic carbocycles. The van der Waals surface area contributed by atoms with Gasteiger partial charge in [-0.15, -0.1) is 0 Å². The first-order valence-corrected chi connectivity index (χ1v) is 6.44. The van der Waals surface area contributed by atoms with Gasteiger partial charge in [0.25, 0.3) is 5.91 Å². The average molecular weight is 272 g/mol. The summed E-state index contributed by atoms with van der Waals surface area (Å²) in [6.45, 7) is 0. The number of nitrogens with zero attached hydrogens (tertiary/aromatic N) is 1. The third kappa shape index (κ3) is 3.80. The number of carbonyl (C=O) groups is 1. The monoisotopic (exact) mass is 272 g/mol. The number of hydrogen-bond donors (Lipinski definition) is 2. The van der Waals surface area contributed by atoms with Crippen LogP contribution in [0.2, 0.25) is 0 Å². The predicted octanol–water partition coefficient (Wildman–Crippen LogP) is -0.453. The molecule has 0 aromatic heterocycles. The van der Waals surface area contributed by atoms with Crippen LogP contribution in [0.5, 0.6) is 0 Å². The molecular formula is C11H16N2O4S. The molecule has 1 unspecified atom stereocenters. The van der Waals surface area contributed by atoms with Crippen molar-refractivity contribution in [2.75, 3.05) is 14.2 Å². The molecule has 0 saturated carbocycles. The fourth-order valence-electron chi connectivity index (χ4n) is 1.46. The van der Waals surface area contributed by atoms with E-state index in [2.05, 4.69) is 0 Å². The predicted molar refractivity (Wildman–Crippen MR) is 66.5 cm³/mol. The second-order valence-electron chi connectivity index (χ2n) is 3.76. The number of amides is 1. The maximum Gasteiger partial charge on any atom is 0.263 e. The smallest absolute Gasteiger partial charge is 0.263 e. The van der Waals surface area contributed by atoms with Crippen LogP contribution < -0.4 is 5.73 Å². The molecule has 0 aliphatic heterocycles. The van der Waals surface area contributed by atoms with E-state index in [0.717, 1.165) is 5.06 Å². The zero-order valence-corrected chi connectivity index (χ0v) is 11.1. The third-order valence-electron chi connectivity index (χ3n) is 2.48. The molecule has 0 spiro atoms. The third-order valence-corrected chi connectivity index (χ3v) is 3.18. The normalized spacial score (nSPS) is 12.4. The first-order chi connectivity index (χ1) is 8.45. The Morgan fingerprint density at radius 1 is 1.50 bits per heavy atom. The molecule has 0 aliphatic rings. The Balaban J connectivity index is 2.78. The SMILES string of the molecule is CON(C)C(=O)C(N)Cc1cccc([SH](=O)=O)c1. The Labute approximate surface area is 107 Å². The van der Waals surface area contributed by atoms with Crippen LogP contribution in [-0.4, -0.2) is 39.6 Å². The lowest BCUT2D eigenvalue weighted by atomic mass is 10.1. The number of hydroxylamine groups is 2. The summed E-state index contributed by atoms with van der Waals surface area (Å²) >= 11 is 0. The molecule has 18 heavy (non-hydrogen) atoms. The molecule has 1 aromatic rings. The summed E-state index contributed by atoms with van der Waals surface area (Å²) in [5, 5.41) is 1.04. The first kappa shape index (κ1) is 14.6. The van der Waals surface area contributed by atoms with Crippen molar-refractivity contribution in [2.45, 2.75) is 17.4 Å². The summed E-state index contributed by atoms with van der Waals surface area (Å²) in [5.41, 5.74) is 6.42. The van der Waals surface area contributed by atoms with Crippen molar-refractivity contribution in [3.63, 3.8) is 0 Å². The summed E-state index contributed by atoms with van der Waals surface area (Å²) < 4.78 is 21.7. The molecule has 0 radical (unpaired) electrons. The Hall–Kier alpha value is -1.44. The number of likely N-dealkylation sites (N-methyl/N-ethyl adjacent to an activating group) is 1. The summed E-state index contributed by atoms with van der Waals surface area (Å²) in [6.07, 6.45) is 0.254. The van der Waals surface area contributed by atoms with Crippen molar-refractivity contribution in [2.24, 2.45) is 5.73 Å². The molecule has 2 N–H and O–H groups in total. The Kier molecular flexibility index (Phi) is 5.26. The zero-order valence-electron chi connectivity index (χ0n) is 10.2. The van der Waals surface area contributed by atoms with E-state index < -0.39 is 16.7 Å². The highest BCUT2D eigenvalue weighted by Crippen LogP contribution is 2.09. The number of benzene rings is 1. The second kappa shape index (κ2) is 6.48. The minimum atomic E-state index is -2.63. The van der Waals surface area contributed by atoms with E-state index in [0.29, 0.717) is 5.56 Å². The molecule has 0 fully saturated rings. The largest absolute Gasteiger partial charge is 0.320 e. The minimum Gasteiger partial charge on any atom is -0.320 e. The quantitative estimate of drug-likeness (QED) is 0.559. The van der Waals surface area contributed by atoms with Crippen molar-refractivity contribution < 1.29 is 18.0 Å². The number of hydrogen-bond acceptors (Lipinski definition) is 5. The van der Waals surface area contributed by atoms with Gasteiger partial charge in [-0.1, -0.05) is 12.1 Å². The van der Waals surface area contributed by atoms with Crippen molar-refractivity contribution in [3.05, 3.63) is 29.8 Å². The van der Waals surface area contributed by atoms with Gasteiger partial charge in [-0.25, -0.2) is 13.5 Å². The first-order valence-electron chi connectivity index (χ1n) is 5.26. The maximum atomic E-state index is 11.7. The fraction of sp³-hybridized carbons (Fsp3) is 0.364. The summed E-state index contributed by atoms with van der Waals surface area (Å²) in [4.78, 5) is 16.6. The van der Waals surface area contributed by atoms with Crippen LogP contribution >= 0.6 is 0 Å². The average Bonchev–Trinajstić information content (AvgIpc) is 2.37. The van der Waals surface area contributed by atoms with Crippen molar-refractivity contribution in [1.29, 1.82) is 0 Å². The molecule has 0 saturated heterocycles. The van der Waals surface area contributed by atoms with Crippen LogP contribution in [-0.2, 0) is 26.8 Å². The van der Waals surface area contributed by atoms with Crippen molar-refractivity contribution in [3.8, 4) is 0 Å². The summed E-state index contributed by atoms with van der Waals surface area (Å²) in [5.74, 6) is -0.366. The van der Waals surface area contributed by atoms with Crippen LogP contribution in [0.15, 0.2) is 29.2 Å². The number of carbonyl (C=O) groups excluding carboxylic acids is 1. The highest BCUT2D eigenvalue weighted by Gasteiger charge is 2.18. The van der Waals surface area contributed by atoms with E-state index >= 15 is 0 Å². The Bertz CT molecular complexity index is 494. The van der Waals surface area contributed by atoms with E-state index in [9.17, 15) is 13.2 Å². The van der Waals surface area contributed by atoms with E-state index in [1.807, 2.05) is 0 Å². The van der Waals surface area contributed by atoms with Gasteiger partial charge in [0, 0.05) is 7.05 Å². The van der Waals surface area contributed by atoms with Gasteiger partial charge in [0.2, 0.25) is 0 Å². The molecule has 1 rings (SSSR count). The van der Waals surface area contributed by atoms with Gasteiger partial charge >= 0.3 is 0 Å². The molecule has 1 amide bonds. The molecule has 0 heterocycles. The number of rotatable bonds is 5. The van der Waals surface area contributed by atoms with Gasteiger partial charge in [-0.3, -0.25) is 9.63 Å². The highest BCUT2D eigenvalue weighted by atomic mass is 32.2. The molecular weight excluding hydrogens is 256 g/mol. The topological polar surface area (TPSA) is 89.7 Å². The lowest BCUT2D eigenvalue weighted by Gasteiger charge is -2.18. The van der Waals surface area contributed by atoms with E-state index in [4.69, 9.17) is 10.6 Å². The molecule has 100 valence electrons. The van der Waals surface area contributed by atoms with Gasteiger partial charge in [0.05, 0.1) is 18.0 Å². The van der Waals surface area contributed by atoms with Crippen LogP contribution in [0.25, 0.3) is 0 Å². The van der Waals surface area contributed by atoms with Gasteiger partial charge < -0.3 is 5.73 Å². The molecule has 7 heteroatoms. The van der Waals surface area contributed by atoms with Crippen LogP contribution in [0.4, 0.5) is 0 Å². The molecule has 1 atom stereocenters. The second-order valence-corrected chi connectivity index (χ2v) is 4.79. The van der Waals surface area contributed by atoms with E-state index in [1.54, 1.807) is 12.1 Å². The standard InChI is InChI=1S/C11H16N2O4S/c1-13(17-2)11(14)10(12)7-8-4-3-5-9(6-8)18(15)16/h3-6,10,18H,7,12H2,1-2H3. The Morgan fingerprint density at radius 3 is 2.72 bits per heavy atom. The minimum absolute atomic E-state index is 0.210. The van der Waals surface area contributed by atoms with Gasteiger partial charge in [-0.2, -0.15) is 0 Å². The van der Waals surface area contributed by atoms with Crippen molar-refractivity contribution in [1.82, 2.24) is 5.06 Å². The van der Waals surface area contributed by atoms with Crippen LogP contribution in [0, 0.1) is 0 Å².